The fourth-order valence-corrected chi connectivity index (χ4v) is 4.22. The average Bonchev–Trinajstić information content (AvgIpc) is 2.63. The molecule has 2 rings (SSSR count). The van der Waals surface area contributed by atoms with Gasteiger partial charge in [-0.05, 0) is 6.92 Å². The molecule has 1 aliphatic carbocycles. The van der Waals surface area contributed by atoms with Crippen molar-refractivity contribution in [1.29, 1.82) is 0 Å². The Bertz CT molecular complexity index is 579. The summed E-state index contributed by atoms with van der Waals surface area (Å²) in [6.45, 7) is 8.31. The normalized spacial score (nSPS) is 14.6. The second kappa shape index (κ2) is 4.77. The van der Waals surface area contributed by atoms with Crippen LogP contribution in [0.3, 0.4) is 0 Å². The Labute approximate surface area is 114 Å². The largest absolute Gasteiger partial charge is 0.462 e. The predicted molar refractivity (Wildman–Crippen MR) is 77.7 cm³/mol. The molecule has 4 heteroatoms. The number of Topliss-reactive ketones (excluding diaryl/α,β-unsaturated/α-hetero) is 1. The van der Waals surface area contributed by atoms with E-state index in [-0.39, 0.29) is 11.8 Å². The molecule has 0 unspecified atom stereocenters. The van der Waals surface area contributed by atoms with Crippen LogP contribution in [0.4, 0.5) is 0 Å². The van der Waals surface area contributed by atoms with Gasteiger partial charge < -0.3 is 4.74 Å². The Morgan fingerprint density at radius 1 is 1.16 bits per heavy atom. The minimum absolute atomic E-state index is 0.00202. The van der Waals surface area contributed by atoms with E-state index < -0.39 is 8.07 Å². The van der Waals surface area contributed by atoms with Gasteiger partial charge in [0, 0.05) is 16.3 Å². The molecule has 0 fully saturated rings. The van der Waals surface area contributed by atoms with Crippen molar-refractivity contribution < 1.29 is 14.3 Å². The number of carbonyl (C=O) groups excluding carboxylic acids is 2. The number of hydrogen-bond donors (Lipinski definition) is 0. The van der Waals surface area contributed by atoms with Crippen LogP contribution in [0.5, 0.6) is 0 Å². The summed E-state index contributed by atoms with van der Waals surface area (Å²) < 4.78 is 5.13. The molecule has 0 aromatic heterocycles. The van der Waals surface area contributed by atoms with Gasteiger partial charge in [-0.25, -0.2) is 4.79 Å². The maximum Gasteiger partial charge on any atom is 0.338 e. The van der Waals surface area contributed by atoms with Crippen molar-refractivity contribution in [2.24, 2.45) is 0 Å². The number of fused-ring (bicyclic) bond motifs is 1. The third-order valence-electron chi connectivity index (χ3n) is 3.15. The molecular weight excluding hydrogens is 256 g/mol. The summed E-state index contributed by atoms with van der Waals surface area (Å²) in [5, 5.41) is 0.687. The Balaban J connectivity index is 2.67. The first-order valence-corrected chi connectivity index (χ1v) is 9.94. The maximum atomic E-state index is 12.5. The Morgan fingerprint density at radius 3 is 2.26 bits per heavy atom. The molecule has 1 aliphatic rings. The SMILES string of the molecule is CCOC(=O)C1=C([Si](C)(C)C)C(=O)c2ccccc21. The van der Waals surface area contributed by atoms with Crippen molar-refractivity contribution in [3.05, 3.63) is 40.6 Å². The van der Waals surface area contributed by atoms with Crippen LogP contribution in [0, 0.1) is 0 Å². The Hall–Kier alpha value is -1.68. The topological polar surface area (TPSA) is 43.4 Å². The summed E-state index contributed by atoms with van der Waals surface area (Å²) in [5.41, 5.74) is 1.84. The van der Waals surface area contributed by atoms with Gasteiger partial charge in [0.2, 0.25) is 0 Å². The number of rotatable bonds is 3. The van der Waals surface area contributed by atoms with Gasteiger partial charge in [0.05, 0.1) is 20.3 Å². The smallest absolute Gasteiger partial charge is 0.338 e. The minimum atomic E-state index is -1.91. The van der Waals surface area contributed by atoms with Crippen LogP contribution >= 0.6 is 0 Å². The highest BCUT2D eigenvalue weighted by Crippen LogP contribution is 2.38. The second-order valence-corrected chi connectivity index (χ2v) is 10.6. The number of allylic oxidation sites excluding steroid dienone is 1. The lowest BCUT2D eigenvalue weighted by atomic mass is 10.1. The number of carbonyl (C=O) groups is 2. The summed E-state index contributed by atoms with van der Waals surface area (Å²) in [6, 6.07) is 7.28. The quantitative estimate of drug-likeness (QED) is 0.628. The molecule has 0 amide bonds. The van der Waals surface area contributed by atoms with Crippen molar-refractivity contribution in [2.75, 3.05) is 6.61 Å². The fraction of sp³-hybridized carbons (Fsp3) is 0.333. The molecule has 0 radical (unpaired) electrons. The van der Waals surface area contributed by atoms with E-state index in [1.54, 1.807) is 13.0 Å². The molecule has 0 heterocycles. The lowest BCUT2D eigenvalue weighted by Gasteiger charge is -2.18. The van der Waals surface area contributed by atoms with E-state index in [0.29, 0.717) is 22.9 Å². The van der Waals surface area contributed by atoms with Crippen LogP contribution in [0.25, 0.3) is 5.57 Å². The zero-order valence-electron chi connectivity index (χ0n) is 11.7. The first-order valence-electron chi connectivity index (χ1n) is 6.44. The summed E-state index contributed by atoms with van der Waals surface area (Å²) in [7, 11) is -1.91. The van der Waals surface area contributed by atoms with E-state index in [1.807, 2.05) is 18.2 Å². The molecule has 100 valence electrons. The standard InChI is InChI=1S/C15H18O3Si/c1-5-18-15(17)12-10-8-6-7-9-11(10)13(16)14(12)19(2,3)4/h6-9H,5H2,1-4H3. The van der Waals surface area contributed by atoms with Crippen LogP contribution in [0.15, 0.2) is 29.5 Å². The van der Waals surface area contributed by atoms with Gasteiger partial charge in [-0.2, -0.15) is 0 Å². The molecule has 3 nitrogen and oxygen atoms in total. The molecule has 0 atom stereocenters. The first-order chi connectivity index (χ1) is 8.88. The van der Waals surface area contributed by atoms with Crippen molar-refractivity contribution in [2.45, 2.75) is 26.6 Å². The minimum Gasteiger partial charge on any atom is -0.462 e. The molecule has 19 heavy (non-hydrogen) atoms. The molecule has 0 spiro atoms. The fourth-order valence-electron chi connectivity index (χ4n) is 2.41. The van der Waals surface area contributed by atoms with E-state index in [1.165, 1.54) is 0 Å². The van der Waals surface area contributed by atoms with Gasteiger partial charge in [0.25, 0.3) is 0 Å². The molecule has 0 N–H and O–H groups in total. The van der Waals surface area contributed by atoms with Crippen LogP contribution in [0.1, 0.15) is 22.8 Å². The van der Waals surface area contributed by atoms with Crippen molar-refractivity contribution in [1.82, 2.24) is 0 Å². The Kier molecular flexibility index (Phi) is 3.45. The molecular formula is C15H18O3Si. The van der Waals surface area contributed by atoms with Gasteiger partial charge in [0.15, 0.2) is 5.78 Å². The average molecular weight is 274 g/mol. The lowest BCUT2D eigenvalue weighted by Crippen LogP contribution is -2.29. The Morgan fingerprint density at radius 2 is 1.74 bits per heavy atom. The van der Waals surface area contributed by atoms with Crippen LogP contribution in [0.2, 0.25) is 19.6 Å². The van der Waals surface area contributed by atoms with Crippen LogP contribution < -0.4 is 0 Å². The van der Waals surface area contributed by atoms with Gasteiger partial charge in [-0.15, -0.1) is 0 Å². The number of ketones is 1. The molecule has 0 bridgehead atoms. The van der Waals surface area contributed by atoms with Gasteiger partial charge in [-0.3, -0.25) is 4.79 Å². The van der Waals surface area contributed by atoms with Crippen molar-refractivity contribution in [3.63, 3.8) is 0 Å². The van der Waals surface area contributed by atoms with E-state index >= 15 is 0 Å². The monoisotopic (exact) mass is 274 g/mol. The number of hydrogen-bond acceptors (Lipinski definition) is 3. The third kappa shape index (κ3) is 2.28. The number of benzene rings is 1. The highest BCUT2D eigenvalue weighted by atomic mass is 28.3. The van der Waals surface area contributed by atoms with Crippen LogP contribution in [-0.4, -0.2) is 26.4 Å². The summed E-state index contributed by atoms with van der Waals surface area (Å²) in [4.78, 5) is 24.7. The van der Waals surface area contributed by atoms with Gasteiger partial charge in [-0.1, -0.05) is 43.9 Å². The molecule has 0 saturated carbocycles. The number of ether oxygens (including phenoxy) is 1. The van der Waals surface area contributed by atoms with Crippen molar-refractivity contribution in [3.8, 4) is 0 Å². The van der Waals surface area contributed by atoms with E-state index in [0.717, 1.165) is 5.56 Å². The van der Waals surface area contributed by atoms with Gasteiger partial charge in [0.1, 0.15) is 0 Å². The maximum absolute atomic E-state index is 12.5. The highest BCUT2D eigenvalue weighted by molar-refractivity contribution is 6.90. The zero-order valence-corrected chi connectivity index (χ0v) is 12.7. The van der Waals surface area contributed by atoms with Crippen LogP contribution in [-0.2, 0) is 9.53 Å². The lowest BCUT2D eigenvalue weighted by molar-refractivity contribution is -0.136. The predicted octanol–water partition coefficient (Wildman–Crippen LogP) is 3.08. The highest BCUT2D eigenvalue weighted by Gasteiger charge is 2.40. The number of esters is 1. The van der Waals surface area contributed by atoms with Crippen molar-refractivity contribution >= 4 is 25.4 Å². The zero-order chi connectivity index (χ0) is 14.2. The summed E-state index contributed by atoms with van der Waals surface area (Å²) >= 11 is 0. The first kappa shape index (κ1) is 13.7. The van der Waals surface area contributed by atoms with E-state index in [4.69, 9.17) is 4.74 Å². The van der Waals surface area contributed by atoms with E-state index in [2.05, 4.69) is 19.6 Å². The molecule has 1 aromatic carbocycles. The summed E-state index contributed by atoms with van der Waals surface area (Å²) in [6.07, 6.45) is 0. The van der Waals surface area contributed by atoms with E-state index in [9.17, 15) is 9.59 Å². The molecule has 1 aromatic rings. The molecule has 0 aliphatic heterocycles. The van der Waals surface area contributed by atoms with Gasteiger partial charge >= 0.3 is 5.97 Å². The summed E-state index contributed by atoms with van der Waals surface area (Å²) in [5.74, 6) is -0.379. The molecule has 0 saturated heterocycles. The third-order valence-corrected chi connectivity index (χ3v) is 5.12. The second-order valence-electron chi connectivity index (χ2n) is 5.60.